The lowest BCUT2D eigenvalue weighted by Crippen LogP contribution is -2.47. The van der Waals surface area contributed by atoms with Crippen LogP contribution in [-0.4, -0.2) is 84.4 Å². The molecule has 0 radical (unpaired) electrons. The van der Waals surface area contributed by atoms with Gasteiger partial charge in [-0.05, 0) is 112 Å². The maximum atomic E-state index is 14.5. The number of nitrogens with two attached hydrogens (primary N) is 1. The topological polar surface area (TPSA) is 158 Å². The minimum atomic E-state index is -0.562. The van der Waals surface area contributed by atoms with E-state index in [2.05, 4.69) is 20.9 Å². The summed E-state index contributed by atoms with van der Waals surface area (Å²) in [4.78, 5) is 44.0. The molecule has 4 atom stereocenters. The zero-order valence-corrected chi connectivity index (χ0v) is 32.5. The van der Waals surface area contributed by atoms with Gasteiger partial charge in [-0.15, -0.1) is 0 Å². The van der Waals surface area contributed by atoms with Gasteiger partial charge in [-0.1, -0.05) is 31.2 Å². The maximum absolute atomic E-state index is 14.5. The average Bonchev–Trinajstić information content (AvgIpc) is 3.18. The number of ether oxygens (including phenoxy) is 2. The first kappa shape index (κ1) is 41.7. The number of hydrogen-bond acceptors (Lipinski definition) is 8. The molecule has 6 N–H and O–H groups in total. The summed E-state index contributed by atoms with van der Waals surface area (Å²) in [5, 5.41) is 18.6. The summed E-state index contributed by atoms with van der Waals surface area (Å²) in [5.41, 5.74) is 9.59. The van der Waals surface area contributed by atoms with E-state index in [1.54, 1.807) is 54.3 Å². The SMILES string of the molecule is C[C@@H]1CCCCO[C@@H](CN(C)Cc2ccc(C(=O)Nc3ccccc3N)cc2)[C@@H](C)CN([C@H](C)CO)C(=O)c2cc(NC(=O)Nc3ccc(F)cc3)ccc2O1. The number of fused-ring (bicyclic) bond motifs is 1. The fraction of sp³-hybridized carbons (Fsp3) is 0.372. The highest BCUT2D eigenvalue weighted by molar-refractivity contribution is 6.06. The zero-order valence-electron chi connectivity index (χ0n) is 32.5. The van der Waals surface area contributed by atoms with Gasteiger partial charge < -0.3 is 41.2 Å². The number of nitrogens with zero attached hydrogens (tertiary/aromatic N) is 2. The average molecular weight is 769 g/mol. The summed E-state index contributed by atoms with van der Waals surface area (Å²) in [6.07, 6.45) is 1.97. The number of aliphatic hydroxyl groups is 1. The Morgan fingerprint density at radius 3 is 2.38 bits per heavy atom. The number of benzene rings is 4. The third kappa shape index (κ3) is 11.8. The standard InChI is InChI=1S/C43H53FN6O6/c1-28-24-50(29(2)27-51)42(53)36-23-35(47-43(54)46-34-18-16-33(44)17-19-34)20-21-39(36)56-30(3)9-7-8-22-55-40(28)26-49(4)25-31-12-14-32(15-13-31)41(52)48-38-11-6-5-10-37(38)45/h5-6,10-21,23,28-30,40,51H,7-9,22,24-27,45H2,1-4H3,(H,48,52)(H2,46,47,54)/t28-,29+,30+,40-/m0/s1. The molecule has 1 aliphatic heterocycles. The van der Waals surface area contributed by atoms with Crippen molar-refractivity contribution in [2.45, 2.75) is 64.8 Å². The first-order chi connectivity index (χ1) is 26.9. The molecule has 0 saturated heterocycles. The molecule has 13 heteroatoms. The van der Waals surface area contributed by atoms with E-state index >= 15 is 0 Å². The van der Waals surface area contributed by atoms with Crippen molar-refractivity contribution in [2.24, 2.45) is 5.92 Å². The van der Waals surface area contributed by atoms with Gasteiger partial charge >= 0.3 is 6.03 Å². The molecule has 0 bridgehead atoms. The molecule has 4 aromatic rings. The van der Waals surface area contributed by atoms with Gasteiger partial charge in [0.15, 0.2) is 0 Å². The summed E-state index contributed by atoms with van der Waals surface area (Å²) in [6.45, 7) is 7.51. The second-order valence-electron chi connectivity index (χ2n) is 14.5. The number of halogens is 1. The molecule has 0 saturated carbocycles. The predicted molar refractivity (Wildman–Crippen MR) is 217 cm³/mol. The Kier molecular flexibility index (Phi) is 14.8. The summed E-state index contributed by atoms with van der Waals surface area (Å²) in [6, 6.07) is 23.8. The third-order valence-corrected chi connectivity index (χ3v) is 9.78. The molecule has 0 unspecified atom stereocenters. The van der Waals surface area contributed by atoms with E-state index in [1.807, 2.05) is 45.2 Å². The lowest BCUT2D eigenvalue weighted by molar-refractivity contribution is -0.0177. The van der Waals surface area contributed by atoms with Crippen LogP contribution in [0.3, 0.4) is 0 Å². The molecule has 5 rings (SSSR count). The van der Waals surface area contributed by atoms with Crippen molar-refractivity contribution in [1.82, 2.24) is 9.80 Å². The van der Waals surface area contributed by atoms with Crippen molar-refractivity contribution >= 4 is 40.6 Å². The van der Waals surface area contributed by atoms with E-state index in [0.29, 0.717) is 53.8 Å². The first-order valence-electron chi connectivity index (χ1n) is 19.0. The largest absolute Gasteiger partial charge is 0.490 e. The number of carbonyl (C=O) groups is 3. The number of likely N-dealkylation sites (N-methyl/N-ethyl adjacent to an activating group) is 1. The van der Waals surface area contributed by atoms with Crippen LogP contribution in [0.25, 0.3) is 0 Å². The van der Waals surface area contributed by atoms with Crippen LogP contribution in [0.5, 0.6) is 5.75 Å². The smallest absolute Gasteiger partial charge is 0.323 e. The molecule has 4 amide bonds. The minimum absolute atomic E-state index is 0.138. The molecule has 1 heterocycles. The van der Waals surface area contributed by atoms with Gasteiger partial charge in [0.25, 0.3) is 11.8 Å². The summed E-state index contributed by atoms with van der Waals surface area (Å²) < 4.78 is 26.2. The van der Waals surface area contributed by atoms with Crippen LogP contribution < -0.4 is 26.4 Å². The lowest BCUT2D eigenvalue weighted by Gasteiger charge is -2.36. The fourth-order valence-corrected chi connectivity index (χ4v) is 6.54. The van der Waals surface area contributed by atoms with Crippen LogP contribution in [0.1, 0.15) is 66.3 Å². The van der Waals surface area contributed by atoms with Gasteiger partial charge in [-0.25, -0.2) is 9.18 Å². The number of urea groups is 1. The maximum Gasteiger partial charge on any atom is 0.323 e. The van der Waals surface area contributed by atoms with Crippen molar-refractivity contribution in [3.63, 3.8) is 0 Å². The monoisotopic (exact) mass is 768 g/mol. The van der Waals surface area contributed by atoms with Crippen LogP contribution in [-0.2, 0) is 11.3 Å². The molecule has 4 aromatic carbocycles. The zero-order chi connectivity index (χ0) is 40.2. The van der Waals surface area contributed by atoms with Gasteiger partial charge in [0.1, 0.15) is 11.6 Å². The quantitative estimate of drug-likeness (QED) is 0.106. The van der Waals surface area contributed by atoms with Crippen molar-refractivity contribution in [2.75, 3.05) is 55.0 Å². The van der Waals surface area contributed by atoms with Crippen molar-refractivity contribution < 1.29 is 33.4 Å². The van der Waals surface area contributed by atoms with E-state index in [4.69, 9.17) is 15.2 Å². The highest BCUT2D eigenvalue weighted by Crippen LogP contribution is 2.29. The number of aliphatic hydroxyl groups excluding tert-OH is 1. The van der Waals surface area contributed by atoms with Crippen LogP contribution >= 0.6 is 0 Å². The van der Waals surface area contributed by atoms with Gasteiger partial charge in [-0.2, -0.15) is 0 Å². The number of para-hydroxylation sites is 2. The number of rotatable bonds is 10. The number of amides is 4. The number of carbonyl (C=O) groups excluding carboxylic acids is 3. The molecule has 298 valence electrons. The van der Waals surface area contributed by atoms with Gasteiger partial charge in [0.05, 0.1) is 41.8 Å². The van der Waals surface area contributed by atoms with Crippen LogP contribution in [0, 0.1) is 11.7 Å². The van der Waals surface area contributed by atoms with Crippen LogP contribution in [0.2, 0.25) is 0 Å². The Labute approximate surface area is 328 Å². The van der Waals surface area contributed by atoms with E-state index < -0.39 is 17.9 Å². The van der Waals surface area contributed by atoms with E-state index in [9.17, 15) is 23.9 Å². The van der Waals surface area contributed by atoms with Crippen molar-refractivity contribution in [3.05, 3.63) is 114 Å². The minimum Gasteiger partial charge on any atom is -0.490 e. The number of hydrogen-bond donors (Lipinski definition) is 5. The molecule has 0 spiro atoms. The van der Waals surface area contributed by atoms with Crippen LogP contribution in [0.4, 0.5) is 31.9 Å². The van der Waals surface area contributed by atoms with Gasteiger partial charge in [0, 0.05) is 49.1 Å². The Morgan fingerprint density at radius 1 is 0.964 bits per heavy atom. The molecule has 12 nitrogen and oxygen atoms in total. The molecule has 1 aliphatic rings. The highest BCUT2D eigenvalue weighted by Gasteiger charge is 2.30. The second kappa shape index (κ2) is 19.9. The highest BCUT2D eigenvalue weighted by atomic mass is 19.1. The third-order valence-electron chi connectivity index (χ3n) is 9.78. The summed E-state index contributed by atoms with van der Waals surface area (Å²) in [7, 11) is 2.01. The molecule has 56 heavy (non-hydrogen) atoms. The normalized spacial score (nSPS) is 18.6. The predicted octanol–water partition coefficient (Wildman–Crippen LogP) is 7.23. The molecule has 0 aliphatic carbocycles. The lowest BCUT2D eigenvalue weighted by atomic mass is 10.0. The number of anilines is 4. The summed E-state index contributed by atoms with van der Waals surface area (Å²) in [5.74, 6) is -0.777. The Hall–Kier alpha value is -5.50. The number of nitrogens with one attached hydrogen (secondary N) is 3. The Bertz CT molecular complexity index is 1930. The molecular weight excluding hydrogens is 716 g/mol. The van der Waals surface area contributed by atoms with Crippen molar-refractivity contribution in [3.8, 4) is 5.75 Å². The van der Waals surface area contributed by atoms with Gasteiger partial charge in [-0.3, -0.25) is 14.5 Å². The van der Waals surface area contributed by atoms with Gasteiger partial charge in [0.2, 0.25) is 0 Å². The molecular formula is C43H53FN6O6. The fourth-order valence-electron chi connectivity index (χ4n) is 6.54. The van der Waals surface area contributed by atoms with E-state index in [-0.39, 0.29) is 48.7 Å². The Balaban J connectivity index is 1.30. The summed E-state index contributed by atoms with van der Waals surface area (Å²) >= 11 is 0. The van der Waals surface area contributed by atoms with Crippen molar-refractivity contribution in [1.29, 1.82) is 0 Å². The molecule has 0 fully saturated rings. The first-order valence-corrected chi connectivity index (χ1v) is 19.0. The van der Waals surface area contributed by atoms with E-state index in [0.717, 1.165) is 24.8 Å². The molecule has 0 aromatic heterocycles. The number of nitrogen functional groups attached to an aromatic ring is 1. The Morgan fingerprint density at radius 2 is 1.66 bits per heavy atom. The second-order valence-corrected chi connectivity index (χ2v) is 14.5. The van der Waals surface area contributed by atoms with Crippen LogP contribution in [0.15, 0.2) is 91.0 Å². The van der Waals surface area contributed by atoms with E-state index in [1.165, 1.54) is 24.3 Å².